The largest absolute Gasteiger partial charge is 0.454 e. The molecule has 9 nitrogen and oxygen atoms in total. The summed E-state index contributed by atoms with van der Waals surface area (Å²) in [6.07, 6.45) is 3.93. The summed E-state index contributed by atoms with van der Waals surface area (Å²) in [4.78, 5) is 22.7. The van der Waals surface area contributed by atoms with Crippen molar-refractivity contribution in [3.63, 3.8) is 0 Å². The molecule has 1 unspecified atom stereocenters. The maximum atomic E-state index is 13.7. The maximum absolute atomic E-state index is 13.7. The van der Waals surface area contributed by atoms with E-state index in [1.165, 1.54) is 0 Å². The normalized spacial score (nSPS) is 16.6. The standard InChI is InChI=1S/C33H34N4O5S/c1-33(2,3)43(40)37-19-25-16-26(32(39)35-17-21-9-10-28-29(14-21)42-20-41-28)36-31(30(25)27(37)11-13-38)23-7-4-6-22(15-23)24-8-5-12-34-18-24/h4-10,12,14-16,18,27,38H,11,13,17,19-20H2,1-3H3,(H,35,39)/t27-,43?/m0/s1. The quantitative estimate of drug-likeness (QED) is 0.288. The molecule has 6 rings (SSSR count). The Hall–Kier alpha value is -4.12. The summed E-state index contributed by atoms with van der Waals surface area (Å²) in [5.41, 5.74) is 6.30. The van der Waals surface area contributed by atoms with Crippen LogP contribution in [0.5, 0.6) is 11.5 Å². The van der Waals surface area contributed by atoms with Gasteiger partial charge in [-0.15, -0.1) is 0 Å². The van der Waals surface area contributed by atoms with E-state index in [1.54, 1.807) is 18.5 Å². The van der Waals surface area contributed by atoms with E-state index >= 15 is 0 Å². The Balaban J connectivity index is 1.40. The number of aliphatic hydroxyl groups excluding tert-OH is 1. The first-order valence-corrected chi connectivity index (χ1v) is 15.3. The number of amides is 1. The van der Waals surface area contributed by atoms with Crippen molar-refractivity contribution in [1.82, 2.24) is 19.6 Å². The summed E-state index contributed by atoms with van der Waals surface area (Å²) in [7, 11) is -1.35. The zero-order valence-corrected chi connectivity index (χ0v) is 25.2. The van der Waals surface area contributed by atoms with Gasteiger partial charge in [-0.05, 0) is 74.2 Å². The van der Waals surface area contributed by atoms with Crippen LogP contribution in [0.1, 0.15) is 60.4 Å². The Labute approximate surface area is 253 Å². The maximum Gasteiger partial charge on any atom is 0.270 e. The number of ether oxygens (including phenoxy) is 2. The van der Waals surface area contributed by atoms with E-state index < -0.39 is 15.7 Å². The van der Waals surface area contributed by atoms with E-state index in [9.17, 15) is 14.1 Å². The Morgan fingerprint density at radius 1 is 1.05 bits per heavy atom. The van der Waals surface area contributed by atoms with Gasteiger partial charge in [0.25, 0.3) is 5.91 Å². The highest BCUT2D eigenvalue weighted by Crippen LogP contribution is 2.44. The number of nitrogens with one attached hydrogen (secondary N) is 1. The van der Waals surface area contributed by atoms with Crippen LogP contribution in [0.25, 0.3) is 22.4 Å². The average molecular weight is 599 g/mol. The minimum Gasteiger partial charge on any atom is -0.454 e. The van der Waals surface area contributed by atoms with E-state index in [0.717, 1.165) is 33.4 Å². The van der Waals surface area contributed by atoms with Gasteiger partial charge in [0.15, 0.2) is 11.5 Å². The first kappa shape index (κ1) is 29.0. The van der Waals surface area contributed by atoms with Crippen LogP contribution in [-0.4, -0.2) is 47.6 Å². The zero-order valence-electron chi connectivity index (χ0n) is 24.4. The highest BCUT2D eigenvalue weighted by atomic mass is 32.2. The topological polar surface area (TPSA) is 114 Å². The number of fused-ring (bicyclic) bond motifs is 2. The average Bonchev–Trinajstić information content (AvgIpc) is 3.63. The van der Waals surface area contributed by atoms with Gasteiger partial charge in [0.05, 0.1) is 16.5 Å². The van der Waals surface area contributed by atoms with Crippen molar-refractivity contribution in [2.24, 2.45) is 0 Å². The summed E-state index contributed by atoms with van der Waals surface area (Å²) in [6.45, 7) is 6.59. The monoisotopic (exact) mass is 598 g/mol. The van der Waals surface area contributed by atoms with Gasteiger partial charge < -0.3 is 19.9 Å². The van der Waals surface area contributed by atoms with Crippen molar-refractivity contribution in [3.8, 4) is 33.9 Å². The van der Waals surface area contributed by atoms with Crippen LogP contribution in [0.4, 0.5) is 0 Å². The van der Waals surface area contributed by atoms with E-state index in [0.29, 0.717) is 30.2 Å². The van der Waals surface area contributed by atoms with Crippen molar-refractivity contribution in [2.45, 2.75) is 51.1 Å². The van der Waals surface area contributed by atoms with E-state index in [1.807, 2.05) is 79.7 Å². The van der Waals surface area contributed by atoms with Crippen LogP contribution < -0.4 is 14.8 Å². The van der Waals surface area contributed by atoms with Crippen LogP contribution in [0.3, 0.4) is 0 Å². The molecule has 1 amide bonds. The highest BCUT2D eigenvalue weighted by Gasteiger charge is 2.40. The summed E-state index contributed by atoms with van der Waals surface area (Å²) in [5.74, 6) is 1.02. The van der Waals surface area contributed by atoms with Gasteiger partial charge in [-0.2, -0.15) is 0 Å². The molecule has 2 atom stereocenters. The van der Waals surface area contributed by atoms with Gasteiger partial charge in [-0.25, -0.2) is 13.5 Å². The fourth-order valence-corrected chi connectivity index (χ4v) is 6.91. The van der Waals surface area contributed by atoms with Gasteiger partial charge in [0, 0.05) is 48.8 Å². The minimum absolute atomic E-state index is 0.0745. The lowest BCUT2D eigenvalue weighted by atomic mass is 9.94. The van der Waals surface area contributed by atoms with Crippen LogP contribution in [-0.2, 0) is 24.1 Å². The molecule has 2 N–H and O–H groups in total. The molecular weight excluding hydrogens is 564 g/mol. The van der Waals surface area contributed by atoms with Gasteiger partial charge in [0.1, 0.15) is 16.7 Å². The number of pyridine rings is 2. The molecule has 4 aromatic rings. The zero-order chi connectivity index (χ0) is 30.1. The molecule has 2 aliphatic heterocycles. The summed E-state index contributed by atoms with van der Waals surface area (Å²) < 4.78 is 26.0. The number of aromatic nitrogens is 2. The summed E-state index contributed by atoms with van der Waals surface area (Å²) in [6, 6.07) is 18.9. The molecule has 0 saturated heterocycles. The molecule has 2 aliphatic rings. The number of carbonyl (C=O) groups excluding carboxylic acids is 1. The van der Waals surface area contributed by atoms with E-state index in [4.69, 9.17) is 14.5 Å². The fraction of sp³-hybridized carbons (Fsp3) is 0.303. The molecule has 43 heavy (non-hydrogen) atoms. The SMILES string of the molecule is CC(C)(C)S(=O)N1Cc2cc(C(=O)NCc3ccc4c(c3)OCO4)nc(-c3cccc(-c4cccnc4)c3)c2[C@@H]1CCO. The van der Waals surface area contributed by atoms with Gasteiger partial charge >= 0.3 is 0 Å². The van der Waals surface area contributed by atoms with Crippen molar-refractivity contribution in [3.05, 3.63) is 95.4 Å². The Bertz CT molecular complexity index is 1690. The van der Waals surface area contributed by atoms with Gasteiger partial charge in [0.2, 0.25) is 6.79 Å². The van der Waals surface area contributed by atoms with Gasteiger partial charge in [-0.1, -0.05) is 30.3 Å². The third kappa shape index (κ3) is 5.90. The Morgan fingerprint density at radius 2 is 1.84 bits per heavy atom. The number of nitrogens with zero attached hydrogens (tertiary/aromatic N) is 3. The number of aliphatic hydroxyl groups is 1. The van der Waals surface area contributed by atoms with Crippen LogP contribution in [0, 0.1) is 0 Å². The molecule has 4 heterocycles. The molecule has 2 aromatic carbocycles. The number of carbonyl (C=O) groups is 1. The summed E-state index contributed by atoms with van der Waals surface area (Å²) >= 11 is 0. The molecule has 0 aliphatic carbocycles. The fourth-order valence-electron chi connectivity index (χ4n) is 5.51. The van der Waals surface area contributed by atoms with Crippen molar-refractivity contribution in [2.75, 3.05) is 13.4 Å². The first-order valence-electron chi connectivity index (χ1n) is 14.2. The predicted octanol–water partition coefficient (Wildman–Crippen LogP) is 5.17. The molecule has 0 bridgehead atoms. The third-order valence-corrected chi connectivity index (χ3v) is 9.40. The number of hydrogen-bond acceptors (Lipinski definition) is 7. The van der Waals surface area contributed by atoms with Crippen LogP contribution >= 0.6 is 0 Å². The lowest BCUT2D eigenvalue weighted by Crippen LogP contribution is -2.36. The second kappa shape index (κ2) is 11.9. The number of rotatable bonds is 8. The molecule has 0 fully saturated rings. The molecule has 222 valence electrons. The van der Waals surface area contributed by atoms with Crippen LogP contribution in [0.15, 0.2) is 73.1 Å². The smallest absolute Gasteiger partial charge is 0.270 e. The van der Waals surface area contributed by atoms with Crippen LogP contribution in [0.2, 0.25) is 0 Å². The highest BCUT2D eigenvalue weighted by molar-refractivity contribution is 7.84. The van der Waals surface area contributed by atoms with Gasteiger partial charge in [-0.3, -0.25) is 9.78 Å². The lowest BCUT2D eigenvalue weighted by Gasteiger charge is -2.30. The molecule has 2 aromatic heterocycles. The Kier molecular flexibility index (Phi) is 8.00. The molecule has 0 saturated carbocycles. The van der Waals surface area contributed by atoms with Crippen molar-refractivity contribution >= 4 is 16.9 Å². The first-order chi connectivity index (χ1) is 20.7. The lowest BCUT2D eigenvalue weighted by molar-refractivity contribution is 0.0945. The number of benzene rings is 2. The second-order valence-corrected chi connectivity index (χ2v) is 13.8. The van der Waals surface area contributed by atoms with E-state index in [-0.39, 0.29) is 37.6 Å². The molecule has 0 spiro atoms. The molecular formula is C33H34N4O5S. The predicted molar refractivity (Wildman–Crippen MR) is 165 cm³/mol. The Morgan fingerprint density at radius 3 is 2.60 bits per heavy atom. The second-order valence-electron chi connectivity index (χ2n) is 11.6. The molecule has 10 heteroatoms. The van der Waals surface area contributed by atoms with E-state index in [2.05, 4.69) is 10.3 Å². The molecule has 0 radical (unpaired) electrons. The summed E-state index contributed by atoms with van der Waals surface area (Å²) in [5, 5.41) is 13.0. The third-order valence-electron chi connectivity index (χ3n) is 7.54. The van der Waals surface area contributed by atoms with Crippen molar-refractivity contribution in [1.29, 1.82) is 0 Å². The number of hydrogen-bond donors (Lipinski definition) is 2. The van der Waals surface area contributed by atoms with Crippen molar-refractivity contribution < 1.29 is 23.6 Å². The minimum atomic E-state index is -1.35.